The van der Waals surface area contributed by atoms with E-state index in [1.165, 1.54) is 0 Å². The molecule has 1 saturated heterocycles. The summed E-state index contributed by atoms with van der Waals surface area (Å²) in [6.45, 7) is 8.02. The molecular weight excluding hydrogens is 226 g/mol. The highest BCUT2D eigenvalue weighted by molar-refractivity contribution is 5.37. The van der Waals surface area contributed by atoms with Crippen LogP contribution in [0.2, 0.25) is 0 Å². The maximum Gasteiger partial charge on any atom is 0.120 e. The summed E-state index contributed by atoms with van der Waals surface area (Å²) in [6, 6.07) is 6.01. The molecule has 3 unspecified atom stereocenters. The number of aromatic hydroxyl groups is 1. The van der Waals surface area contributed by atoms with E-state index >= 15 is 0 Å². The maximum atomic E-state index is 9.94. The van der Waals surface area contributed by atoms with Crippen LogP contribution in [0.15, 0.2) is 18.2 Å². The van der Waals surface area contributed by atoms with Crippen LogP contribution in [0.5, 0.6) is 5.75 Å². The number of nitrogens with one attached hydrogen (secondary N) is 1. The van der Waals surface area contributed by atoms with Gasteiger partial charge in [0.2, 0.25) is 0 Å². The van der Waals surface area contributed by atoms with Crippen LogP contribution in [0, 0.1) is 12.8 Å². The van der Waals surface area contributed by atoms with Gasteiger partial charge in [-0.2, -0.15) is 0 Å². The van der Waals surface area contributed by atoms with Crippen LogP contribution in [-0.4, -0.2) is 24.4 Å². The van der Waals surface area contributed by atoms with Crippen LogP contribution < -0.4 is 5.32 Å². The molecule has 2 rings (SSSR count). The predicted molar refractivity (Wildman–Crippen MR) is 72.8 cm³/mol. The van der Waals surface area contributed by atoms with Crippen LogP contribution in [0.25, 0.3) is 0 Å². The zero-order chi connectivity index (χ0) is 13.1. The van der Waals surface area contributed by atoms with Crippen molar-refractivity contribution in [1.29, 1.82) is 0 Å². The highest BCUT2D eigenvalue weighted by Gasteiger charge is 2.24. The monoisotopic (exact) mass is 249 g/mol. The lowest BCUT2D eigenvalue weighted by molar-refractivity contribution is 0.105. The van der Waals surface area contributed by atoms with E-state index in [1.807, 2.05) is 25.1 Å². The molecule has 1 aromatic carbocycles. The van der Waals surface area contributed by atoms with Crippen molar-refractivity contribution in [2.24, 2.45) is 5.92 Å². The molecule has 1 heterocycles. The summed E-state index contributed by atoms with van der Waals surface area (Å²) in [5, 5.41) is 13.4. The van der Waals surface area contributed by atoms with Gasteiger partial charge in [-0.15, -0.1) is 0 Å². The van der Waals surface area contributed by atoms with Gasteiger partial charge in [-0.25, -0.2) is 0 Å². The molecule has 3 nitrogen and oxygen atoms in total. The second-order valence-electron chi connectivity index (χ2n) is 5.32. The Hall–Kier alpha value is -1.06. The van der Waals surface area contributed by atoms with Crippen LogP contribution in [0.4, 0.5) is 0 Å². The van der Waals surface area contributed by atoms with Gasteiger partial charge in [0.1, 0.15) is 5.75 Å². The summed E-state index contributed by atoms with van der Waals surface area (Å²) < 4.78 is 5.55. The first-order valence-electron chi connectivity index (χ1n) is 6.72. The number of rotatable bonds is 4. The van der Waals surface area contributed by atoms with Gasteiger partial charge in [0.25, 0.3) is 0 Å². The first-order chi connectivity index (χ1) is 8.58. The van der Waals surface area contributed by atoms with Gasteiger partial charge in [0.15, 0.2) is 0 Å². The standard InChI is InChI=1S/C15H23NO2/c1-10-4-5-14(15(17)8-10)11(2)16-9-13-6-7-18-12(13)3/h4-5,8,11-13,16-17H,6-7,9H2,1-3H3. The molecule has 3 heteroatoms. The first kappa shape index (κ1) is 13.4. The number of aryl methyl sites for hydroxylation is 1. The van der Waals surface area contributed by atoms with E-state index < -0.39 is 0 Å². The molecule has 0 amide bonds. The number of phenols is 1. The van der Waals surface area contributed by atoms with Crippen molar-refractivity contribution >= 4 is 0 Å². The van der Waals surface area contributed by atoms with E-state index in [0.29, 0.717) is 17.8 Å². The molecule has 1 aromatic rings. The predicted octanol–water partition coefficient (Wildman–Crippen LogP) is 2.78. The summed E-state index contributed by atoms with van der Waals surface area (Å²) in [4.78, 5) is 0. The molecular formula is C15H23NO2. The van der Waals surface area contributed by atoms with Crippen LogP contribution in [0.1, 0.15) is 37.4 Å². The molecule has 1 aliphatic rings. The second-order valence-corrected chi connectivity index (χ2v) is 5.32. The van der Waals surface area contributed by atoms with E-state index in [4.69, 9.17) is 4.74 Å². The third-order valence-electron chi connectivity index (χ3n) is 3.87. The second kappa shape index (κ2) is 5.72. The summed E-state index contributed by atoms with van der Waals surface area (Å²) in [7, 11) is 0. The summed E-state index contributed by atoms with van der Waals surface area (Å²) >= 11 is 0. The molecule has 0 bridgehead atoms. The third kappa shape index (κ3) is 3.03. The minimum atomic E-state index is 0.165. The number of ether oxygens (including phenoxy) is 1. The molecule has 0 saturated carbocycles. The Labute approximate surface area is 109 Å². The Morgan fingerprint density at radius 3 is 2.89 bits per heavy atom. The zero-order valence-corrected chi connectivity index (χ0v) is 11.4. The van der Waals surface area contributed by atoms with Gasteiger partial charge in [0.05, 0.1) is 6.10 Å². The molecule has 1 aliphatic heterocycles. The minimum Gasteiger partial charge on any atom is -0.508 e. The van der Waals surface area contributed by atoms with Crippen LogP contribution >= 0.6 is 0 Å². The molecule has 3 atom stereocenters. The molecule has 100 valence electrons. The average Bonchev–Trinajstić information content (AvgIpc) is 2.72. The molecule has 0 aliphatic carbocycles. The van der Waals surface area contributed by atoms with Gasteiger partial charge in [-0.05, 0) is 44.7 Å². The zero-order valence-electron chi connectivity index (χ0n) is 11.4. The van der Waals surface area contributed by atoms with Crippen molar-refractivity contribution in [2.45, 2.75) is 39.3 Å². The normalized spacial score (nSPS) is 25.3. The lowest BCUT2D eigenvalue weighted by atomic mass is 10.0. The van der Waals surface area contributed by atoms with E-state index in [1.54, 1.807) is 0 Å². The molecule has 0 spiro atoms. The highest BCUT2D eigenvalue weighted by Crippen LogP contribution is 2.26. The van der Waals surface area contributed by atoms with Crippen molar-refractivity contribution in [2.75, 3.05) is 13.2 Å². The number of benzene rings is 1. The molecule has 0 radical (unpaired) electrons. The van der Waals surface area contributed by atoms with Gasteiger partial charge >= 0.3 is 0 Å². The first-order valence-corrected chi connectivity index (χ1v) is 6.72. The Morgan fingerprint density at radius 1 is 1.50 bits per heavy atom. The fourth-order valence-corrected chi connectivity index (χ4v) is 2.50. The maximum absolute atomic E-state index is 9.94. The lowest BCUT2D eigenvalue weighted by Gasteiger charge is -2.20. The van der Waals surface area contributed by atoms with Gasteiger partial charge in [0, 0.05) is 24.8 Å². The van der Waals surface area contributed by atoms with Crippen molar-refractivity contribution in [3.05, 3.63) is 29.3 Å². The topological polar surface area (TPSA) is 41.5 Å². The molecule has 2 N–H and O–H groups in total. The fraction of sp³-hybridized carbons (Fsp3) is 0.600. The van der Waals surface area contributed by atoms with Crippen molar-refractivity contribution in [1.82, 2.24) is 5.32 Å². The highest BCUT2D eigenvalue weighted by atomic mass is 16.5. The summed E-state index contributed by atoms with van der Waals surface area (Å²) in [5.41, 5.74) is 2.05. The summed E-state index contributed by atoms with van der Waals surface area (Å²) in [6.07, 6.45) is 1.47. The number of hydrogen-bond acceptors (Lipinski definition) is 3. The van der Waals surface area contributed by atoms with E-state index in [-0.39, 0.29) is 6.04 Å². The molecule has 0 aromatic heterocycles. The Balaban J connectivity index is 1.93. The number of phenolic OH excluding ortho intramolecular Hbond substituents is 1. The van der Waals surface area contributed by atoms with Crippen LogP contribution in [0.3, 0.4) is 0 Å². The lowest BCUT2D eigenvalue weighted by Crippen LogP contribution is -2.29. The Bertz CT molecular complexity index is 405. The van der Waals surface area contributed by atoms with Gasteiger partial charge < -0.3 is 15.2 Å². The van der Waals surface area contributed by atoms with Crippen molar-refractivity contribution in [3.63, 3.8) is 0 Å². The van der Waals surface area contributed by atoms with Crippen LogP contribution in [-0.2, 0) is 4.74 Å². The SMILES string of the molecule is Cc1ccc(C(C)NCC2CCOC2C)c(O)c1. The minimum absolute atomic E-state index is 0.165. The quantitative estimate of drug-likeness (QED) is 0.862. The van der Waals surface area contributed by atoms with Crippen molar-refractivity contribution < 1.29 is 9.84 Å². The number of hydrogen-bond donors (Lipinski definition) is 2. The molecule has 18 heavy (non-hydrogen) atoms. The third-order valence-corrected chi connectivity index (χ3v) is 3.87. The largest absolute Gasteiger partial charge is 0.508 e. The van der Waals surface area contributed by atoms with E-state index in [9.17, 15) is 5.11 Å². The van der Waals surface area contributed by atoms with E-state index in [0.717, 1.165) is 30.7 Å². The average molecular weight is 249 g/mol. The van der Waals surface area contributed by atoms with Gasteiger partial charge in [-0.1, -0.05) is 12.1 Å². The fourth-order valence-electron chi connectivity index (χ4n) is 2.50. The Kier molecular flexibility index (Phi) is 4.25. The smallest absolute Gasteiger partial charge is 0.120 e. The molecule has 1 fully saturated rings. The summed E-state index contributed by atoms with van der Waals surface area (Å²) in [5.74, 6) is 0.964. The Morgan fingerprint density at radius 2 is 2.28 bits per heavy atom. The van der Waals surface area contributed by atoms with Gasteiger partial charge in [-0.3, -0.25) is 0 Å². The van der Waals surface area contributed by atoms with E-state index in [2.05, 4.69) is 19.2 Å². The van der Waals surface area contributed by atoms with Crippen molar-refractivity contribution in [3.8, 4) is 5.75 Å².